The molecule has 158 valence electrons. The van der Waals surface area contributed by atoms with Crippen molar-refractivity contribution in [3.63, 3.8) is 0 Å². The second-order valence-corrected chi connectivity index (χ2v) is 6.75. The summed E-state index contributed by atoms with van der Waals surface area (Å²) in [5.74, 6) is 1.51. The lowest BCUT2D eigenvalue weighted by Crippen LogP contribution is -2.41. The average Bonchev–Trinajstić information content (AvgIpc) is 3.36. The summed E-state index contributed by atoms with van der Waals surface area (Å²) in [6.45, 7) is 5.70. The highest BCUT2D eigenvalue weighted by molar-refractivity contribution is 5.80. The molecule has 7 nitrogen and oxygen atoms in total. The highest BCUT2D eigenvalue weighted by Crippen LogP contribution is 2.23. The smallest absolute Gasteiger partial charge is 0.406 e. The third-order valence-corrected chi connectivity index (χ3v) is 4.62. The van der Waals surface area contributed by atoms with Crippen molar-refractivity contribution in [3.8, 4) is 5.75 Å². The van der Waals surface area contributed by atoms with E-state index < -0.39 is 6.36 Å². The molecule has 0 atom stereocenters. The third kappa shape index (κ3) is 6.37. The molecule has 0 aliphatic carbocycles. The summed E-state index contributed by atoms with van der Waals surface area (Å²) in [6.07, 6.45) is 0.0962. The maximum Gasteiger partial charge on any atom is 0.573 e. The molecule has 0 saturated carbocycles. The molecule has 1 aromatic carbocycles. The summed E-state index contributed by atoms with van der Waals surface area (Å²) in [5.41, 5.74) is 0.810. The molecular formula is C19H25F3N6O. The molecule has 0 amide bonds. The van der Waals surface area contributed by atoms with Crippen LogP contribution in [0.1, 0.15) is 31.2 Å². The maximum atomic E-state index is 12.3. The lowest BCUT2D eigenvalue weighted by Gasteiger charge is -2.21. The zero-order valence-corrected chi connectivity index (χ0v) is 16.3. The maximum absolute atomic E-state index is 12.3. The van der Waals surface area contributed by atoms with Crippen LogP contribution in [-0.4, -0.2) is 51.6 Å². The molecule has 1 aliphatic rings. The Hall–Kier alpha value is -2.78. The number of nitrogens with one attached hydrogen (secondary N) is 1. The minimum atomic E-state index is -4.69. The van der Waals surface area contributed by atoms with Gasteiger partial charge >= 0.3 is 6.36 Å². The van der Waals surface area contributed by atoms with Crippen molar-refractivity contribution in [2.75, 3.05) is 19.6 Å². The Kier molecular flexibility index (Phi) is 6.95. The van der Waals surface area contributed by atoms with Crippen molar-refractivity contribution < 1.29 is 17.9 Å². The Morgan fingerprint density at radius 1 is 1.21 bits per heavy atom. The Morgan fingerprint density at radius 2 is 1.93 bits per heavy atom. The number of hydrogen-bond donors (Lipinski definition) is 1. The van der Waals surface area contributed by atoms with Crippen LogP contribution >= 0.6 is 0 Å². The van der Waals surface area contributed by atoms with Gasteiger partial charge in [-0.1, -0.05) is 19.1 Å². The van der Waals surface area contributed by atoms with Crippen LogP contribution in [0.5, 0.6) is 5.75 Å². The number of hydrogen-bond acceptors (Lipinski definition) is 4. The van der Waals surface area contributed by atoms with Crippen molar-refractivity contribution in [1.82, 2.24) is 25.0 Å². The zero-order chi connectivity index (χ0) is 20.7. The summed E-state index contributed by atoms with van der Waals surface area (Å²) in [6, 6.07) is 5.80. The van der Waals surface area contributed by atoms with Gasteiger partial charge in [0.05, 0.1) is 6.54 Å². The van der Waals surface area contributed by atoms with Gasteiger partial charge in [-0.25, -0.2) is 4.99 Å². The fourth-order valence-electron chi connectivity index (χ4n) is 3.19. The van der Waals surface area contributed by atoms with Gasteiger partial charge in [-0.15, -0.1) is 23.4 Å². The molecule has 0 unspecified atom stereocenters. The number of benzene rings is 1. The normalized spacial score (nSPS) is 15.0. The molecule has 29 heavy (non-hydrogen) atoms. The standard InChI is InChI=1S/C19H25F3N6O/c1-2-17-26-25-14-28(17)12-9-23-18(27-10-3-4-11-27)24-13-15-5-7-16(8-6-15)29-19(20,21)22/h5-8,14H,2-4,9-13H2,1H3,(H,23,24). The van der Waals surface area contributed by atoms with E-state index in [9.17, 15) is 13.2 Å². The second-order valence-electron chi connectivity index (χ2n) is 6.75. The number of aliphatic imine (C=N–C) groups is 1. The number of likely N-dealkylation sites (tertiary alicyclic amines) is 1. The van der Waals surface area contributed by atoms with Gasteiger partial charge < -0.3 is 19.5 Å². The second kappa shape index (κ2) is 9.62. The molecule has 0 radical (unpaired) electrons. The molecule has 1 saturated heterocycles. The first-order valence-corrected chi connectivity index (χ1v) is 9.69. The predicted molar refractivity (Wildman–Crippen MR) is 102 cm³/mol. The van der Waals surface area contributed by atoms with Gasteiger partial charge in [-0.3, -0.25) is 0 Å². The minimum absolute atomic E-state index is 0.233. The van der Waals surface area contributed by atoms with Gasteiger partial charge in [0.1, 0.15) is 17.9 Å². The molecule has 0 spiro atoms. The zero-order valence-electron chi connectivity index (χ0n) is 16.3. The molecule has 0 bridgehead atoms. The number of ether oxygens (including phenoxy) is 1. The number of halogens is 3. The van der Waals surface area contributed by atoms with Gasteiger partial charge in [0.15, 0.2) is 5.96 Å². The molecule has 10 heteroatoms. The highest BCUT2D eigenvalue weighted by Gasteiger charge is 2.30. The SMILES string of the molecule is CCc1nncn1CCNC(=NCc1ccc(OC(F)(F)F)cc1)N1CCCC1. The molecule has 1 N–H and O–H groups in total. The van der Waals surface area contributed by atoms with Crippen molar-refractivity contribution in [1.29, 1.82) is 0 Å². The molecule has 3 rings (SSSR count). The van der Waals surface area contributed by atoms with Crippen molar-refractivity contribution in [2.24, 2.45) is 4.99 Å². The summed E-state index contributed by atoms with van der Waals surface area (Å²) >= 11 is 0. The molecule has 2 heterocycles. The lowest BCUT2D eigenvalue weighted by atomic mass is 10.2. The van der Waals surface area contributed by atoms with Gasteiger partial charge in [0.2, 0.25) is 0 Å². The number of rotatable bonds is 7. The number of alkyl halides is 3. The van der Waals surface area contributed by atoms with Crippen LogP contribution in [0.2, 0.25) is 0 Å². The van der Waals surface area contributed by atoms with E-state index in [0.717, 1.165) is 56.2 Å². The first kappa shape index (κ1) is 20.9. The fourth-order valence-corrected chi connectivity index (χ4v) is 3.19. The number of nitrogens with zero attached hydrogens (tertiary/aromatic N) is 5. The van der Waals surface area contributed by atoms with E-state index in [-0.39, 0.29) is 5.75 Å². The molecule has 1 aromatic heterocycles. The quantitative estimate of drug-likeness (QED) is 0.562. The molecule has 1 fully saturated rings. The van der Waals surface area contributed by atoms with Crippen LogP contribution < -0.4 is 10.1 Å². The number of guanidine groups is 1. The minimum Gasteiger partial charge on any atom is -0.406 e. The Bertz CT molecular complexity index is 797. The van der Waals surface area contributed by atoms with Crippen molar-refractivity contribution >= 4 is 5.96 Å². The van der Waals surface area contributed by atoms with E-state index in [1.165, 1.54) is 12.1 Å². The summed E-state index contributed by atoms with van der Waals surface area (Å²) in [5, 5.41) is 11.4. The van der Waals surface area contributed by atoms with E-state index in [0.29, 0.717) is 13.1 Å². The van der Waals surface area contributed by atoms with Gasteiger partial charge in [0.25, 0.3) is 0 Å². The number of aryl methyl sites for hydroxylation is 1. The van der Waals surface area contributed by atoms with Gasteiger partial charge in [0, 0.05) is 32.6 Å². The summed E-state index contributed by atoms with van der Waals surface area (Å²) in [4.78, 5) is 6.87. The number of aromatic nitrogens is 3. The first-order valence-electron chi connectivity index (χ1n) is 9.69. The predicted octanol–water partition coefficient (Wildman–Crippen LogP) is 2.98. The van der Waals surface area contributed by atoms with E-state index >= 15 is 0 Å². The monoisotopic (exact) mass is 410 g/mol. The van der Waals surface area contributed by atoms with Crippen LogP contribution in [-0.2, 0) is 19.5 Å². The van der Waals surface area contributed by atoms with Crippen molar-refractivity contribution in [3.05, 3.63) is 42.0 Å². The van der Waals surface area contributed by atoms with E-state index in [1.807, 2.05) is 11.5 Å². The Balaban J connectivity index is 1.59. The van der Waals surface area contributed by atoms with Crippen LogP contribution in [0.4, 0.5) is 13.2 Å². The molecular weight excluding hydrogens is 385 g/mol. The highest BCUT2D eigenvalue weighted by atomic mass is 19.4. The summed E-state index contributed by atoms with van der Waals surface area (Å²) in [7, 11) is 0. The third-order valence-electron chi connectivity index (χ3n) is 4.62. The Labute approximate surface area is 167 Å². The van der Waals surface area contributed by atoms with Crippen LogP contribution in [0.25, 0.3) is 0 Å². The van der Waals surface area contributed by atoms with E-state index in [1.54, 1.807) is 18.5 Å². The van der Waals surface area contributed by atoms with Gasteiger partial charge in [-0.2, -0.15) is 0 Å². The summed E-state index contributed by atoms with van der Waals surface area (Å²) < 4.78 is 42.7. The fraction of sp³-hybridized carbons (Fsp3) is 0.526. The van der Waals surface area contributed by atoms with Gasteiger partial charge in [-0.05, 0) is 30.5 Å². The Morgan fingerprint density at radius 3 is 2.59 bits per heavy atom. The lowest BCUT2D eigenvalue weighted by molar-refractivity contribution is -0.274. The first-order chi connectivity index (χ1) is 13.9. The largest absolute Gasteiger partial charge is 0.573 e. The molecule has 2 aromatic rings. The van der Waals surface area contributed by atoms with Crippen molar-refractivity contribution in [2.45, 2.75) is 45.6 Å². The van der Waals surface area contributed by atoms with Crippen LogP contribution in [0.3, 0.4) is 0 Å². The van der Waals surface area contributed by atoms with Crippen LogP contribution in [0, 0.1) is 0 Å². The van der Waals surface area contributed by atoms with E-state index in [2.05, 4.69) is 30.1 Å². The van der Waals surface area contributed by atoms with Crippen LogP contribution in [0.15, 0.2) is 35.6 Å². The molecule has 1 aliphatic heterocycles. The average molecular weight is 410 g/mol. The topological polar surface area (TPSA) is 67.6 Å². The van der Waals surface area contributed by atoms with E-state index in [4.69, 9.17) is 0 Å².